The summed E-state index contributed by atoms with van der Waals surface area (Å²) in [7, 11) is 3.49. The molecule has 1 saturated heterocycles. The first-order valence-electron chi connectivity index (χ1n) is 7.85. The van der Waals surface area contributed by atoms with Crippen LogP contribution >= 0.6 is 12.4 Å². The summed E-state index contributed by atoms with van der Waals surface area (Å²) in [5.74, 6) is 0.0675. The second kappa shape index (κ2) is 9.20. The smallest absolute Gasteiger partial charge is 0.319 e. The van der Waals surface area contributed by atoms with Gasteiger partial charge in [0, 0.05) is 45.2 Å². The molecule has 1 aliphatic rings. The third-order valence-electron chi connectivity index (χ3n) is 4.54. The van der Waals surface area contributed by atoms with Gasteiger partial charge < -0.3 is 20.9 Å². The van der Waals surface area contributed by atoms with Gasteiger partial charge in [0.05, 0.1) is 0 Å². The Morgan fingerprint density at radius 1 is 1.23 bits per heavy atom. The van der Waals surface area contributed by atoms with Gasteiger partial charge in [0.15, 0.2) is 0 Å². The van der Waals surface area contributed by atoms with E-state index in [0.717, 1.165) is 25.7 Å². The molecule has 0 aromatic heterocycles. The van der Waals surface area contributed by atoms with E-state index >= 15 is 0 Å². The molecule has 1 aliphatic heterocycles. The van der Waals surface area contributed by atoms with Gasteiger partial charge in [-0.15, -0.1) is 12.4 Å². The van der Waals surface area contributed by atoms with Crippen molar-refractivity contribution in [2.24, 2.45) is 11.7 Å². The quantitative estimate of drug-likeness (QED) is 0.798. The summed E-state index contributed by atoms with van der Waals surface area (Å²) in [4.78, 5) is 27.4. The first kappa shape index (κ1) is 21.0. The summed E-state index contributed by atoms with van der Waals surface area (Å²) in [6.07, 6.45) is 3.14. The van der Waals surface area contributed by atoms with E-state index in [1.165, 1.54) is 0 Å². The van der Waals surface area contributed by atoms with Crippen LogP contribution in [-0.4, -0.2) is 61.0 Å². The lowest BCUT2D eigenvalue weighted by molar-refractivity contribution is -0.126. The number of rotatable bonds is 5. The lowest BCUT2D eigenvalue weighted by Gasteiger charge is -2.34. The van der Waals surface area contributed by atoms with Crippen molar-refractivity contribution in [2.45, 2.75) is 45.1 Å². The number of hydrogen-bond acceptors (Lipinski definition) is 3. The molecule has 3 amide bonds. The number of urea groups is 1. The third kappa shape index (κ3) is 5.65. The Balaban J connectivity index is 0.00000441. The minimum absolute atomic E-state index is 0. The van der Waals surface area contributed by atoms with Crippen LogP contribution in [0, 0.1) is 5.92 Å². The van der Waals surface area contributed by atoms with E-state index in [9.17, 15) is 9.59 Å². The summed E-state index contributed by atoms with van der Waals surface area (Å²) in [5.41, 5.74) is 5.89. The zero-order valence-electron chi connectivity index (χ0n) is 14.2. The average molecular weight is 335 g/mol. The van der Waals surface area contributed by atoms with Crippen molar-refractivity contribution in [2.75, 3.05) is 33.7 Å². The number of hydrogen-bond donors (Lipinski definition) is 2. The van der Waals surface area contributed by atoms with Crippen LogP contribution in [0.1, 0.15) is 39.5 Å². The first-order chi connectivity index (χ1) is 9.83. The monoisotopic (exact) mass is 334 g/mol. The van der Waals surface area contributed by atoms with Gasteiger partial charge in [-0.25, -0.2) is 4.79 Å². The Labute approximate surface area is 140 Å². The summed E-state index contributed by atoms with van der Waals surface area (Å²) in [5, 5.41) is 2.98. The molecule has 0 atom stereocenters. The highest BCUT2D eigenvalue weighted by Gasteiger charge is 2.29. The van der Waals surface area contributed by atoms with Crippen LogP contribution in [0.5, 0.6) is 0 Å². The molecule has 0 saturated carbocycles. The topological polar surface area (TPSA) is 78.7 Å². The third-order valence-corrected chi connectivity index (χ3v) is 4.54. The van der Waals surface area contributed by atoms with Gasteiger partial charge in [-0.1, -0.05) is 13.8 Å². The molecule has 3 N–H and O–H groups in total. The van der Waals surface area contributed by atoms with Gasteiger partial charge in [-0.2, -0.15) is 0 Å². The van der Waals surface area contributed by atoms with Crippen molar-refractivity contribution < 1.29 is 9.59 Å². The number of likely N-dealkylation sites (tertiary alicyclic amines) is 1. The Morgan fingerprint density at radius 3 is 2.14 bits per heavy atom. The maximum atomic E-state index is 12.2. The number of carbonyl (C=O) groups is 2. The summed E-state index contributed by atoms with van der Waals surface area (Å²) >= 11 is 0. The Bertz CT molecular complexity index is 365. The molecule has 0 radical (unpaired) electrons. The second-order valence-electron chi connectivity index (χ2n) is 6.23. The van der Waals surface area contributed by atoms with Crippen molar-refractivity contribution in [1.82, 2.24) is 15.1 Å². The fourth-order valence-corrected chi connectivity index (χ4v) is 2.52. The molecule has 130 valence electrons. The van der Waals surface area contributed by atoms with Crippen molar-refractivity contribution in [3.05, 3.63) is 0 Å². The number of nitrogens with one attached hydrogen (secondary N) is 1. The van der Waals surface area contributed by atoms with Crippen molar-refractivity contribution in [3.63, 3.8) is 0 Å². The molecule has 0 unspecified atom stereocenters. The lowest BCUT2D eigenvalue weighted by Crippen LogP contribution is -2.51. The highest BCUT2D eigenvalue weighted by atomic mass is 35.5. The van der Waals surface area contributed by atoms with E-state index in [1.807, 2.05) is 13.8 Å². The molecule has 0 aromatic carbocycles. The van der Waals surface area contributed by atoms with E-state index in [4.69, 9.17) is 5.73 Å². The van der Waals surface area contributed by atoms with Gasteiger partial charge in [0.2, 0.25) is 5.91 Å². The van der Waals surface area contributed by atoms with E-state index in [2.05, 4.69) is 5.32 Å². The molecule has 1 fully saturated rings. The molecular weight excluding hydrogens is 304 g/mol. The molecule has 0 spiro atoms. The molecular formula is C15H31ClN4O2. The highest BCUT2D eigenvalue weighted by molar-refractivity contribution is 5.85. The Morgan fingerprint density at radius 2 is 1.73 bits per heavy atom. The number of nitrogens with zero attached hydrogens (tertiary/aromatic N) is 2. The van der Waals surface area contributed by atoms with Crippen LogP contribution in [0.25, 0.3) is 0 Å². The number of amides is 3. The number of nitrogens with two attached hydrogens (primary N) is 1. The summed E-state index contributed by atoms with van der Waals surface area (Å²) in [6.45, 7) is 5.90. The molecule has 6 nitrogen and oxygen atoms in total. The zero-order chi connectivity index (χ0) is 16.0. The minimum Gasteiger partial charge on any atom is -0.354 e. The maximum absolute atomic E-state index is 12.2. The number of halogens is 1. The minimum atomic E-state index is -0.308. The van der Waals surface area contributed by atoms with E-state index in [0.29, 0.717) is 19.6 Å². The first-order valence-corrected chi connectivity index (χ1v) is 7.85. The fraction of sp³-hybridized carbons (Fsp3) is 0.867. The lowest BCUT2D eigenvalue weighted by atomic mass is 9.92. The average Bonchev–Trinajstić information content (AvgIpc) is 2.51. The normalized spacial score (nSPS) is 16.0. The van der Waals surface area contributed by atoms with Gasteiger partial charge in [-0.3, -0.25) is 4.79 Å². The largest absolute Gasteiger partial charge is 0.354 e. The maximum Gasteiger partial charge on any atom is 0.319 e. The standard InChI is InChI=1S/C15H30N4O2.ClH/c1-5-15(16,6-2)11-17-13(20)12-7-9-19(10-8-12)14(21)18(3)4;/h12H,5-11,16H2,1-4H3,(H,17,20);1H. The van der Waals surface area contributed by atoms with Crippen LogP contribution in [0.15, 0.2) is 0 Å². The van der Waals surface area contributed by atoms with Crippen LogP contribution in [0.4, 0.5) is 4.79 Å². The second-order valence-corrected chi connectivity index (χ2v) is 6.23. The van der Waals surface area contributed by atoms with Crippen molar-refractivity contribution in [1.29, 1.82) is 0 Å². The SMILES string of the molecule is CCC(N)(CC)CNC(=O)C1CCN(C(=O)N(C)C)CC1.Cl. The molecule has 1 rings (SSSR count). The number of piperidine rings is 1. The van der Waals surface area contributed by atoms with Gasteiger partial charge in [0.25, 0.3) is 0 Å². The molecule has 0 aromatic rings. The summed E-state index contributed by atoms with van der Waals surface area (Å²) < 4.78 is 0. The predicted molar refractivity (Wildman–Crippen MR) is 91.1 cm³/mol. The molecule has 0 aliphatic carbocycles. The molecule has 7 heteroatoms. The Kier molecular flexibility index (Phi) is 8.78. The van der Waals surface area contributed by atoms with Crippen molar-refractivity contribution in [3.8, 4) is 0 Å². The van der Waals surface area contributed by atoms with E-state index in [1.54, 1.807) is 23.9 Å². The molecule has 0 bridgehead atoms. The van der Waals surface area contributed by atoms with Crippen molar-refractivity contribution >= 4 is 24.3 Å². The van der Waals surface area contributed by atoms with Crippen LogP contribution in [-0.2, 0) is 4.79 Å². The van der Waals surface area contributed by atoms with Crippen LogP contribution in [0.3, 0.4) is 0 Å². The van der Waals surface area contributed by atoms with Crippen LogP contribution in [0.2, 0.25) is 0 Å². The van der Waals surface area contributed by atoms with E-state index in [-0.39, 0.29) is 35.8 Å². The molecule has 22 heavy (non-hydrogen) atoms. The van der Waals surface area contributed by atoms with Crippen LogP contribution < -0.4 is 11.1 Å². The number of carbonyl (C=O) groups excluding carboxylic acids is 2. The van der Waals surface area contributed by atoms with E-state index < -0.39 is 0 Å². The Hall–Kier alpha value is -1.01. The predicted octanol–water partition coefficient (Wildman–Crippen LogP) is 1.44. The highest BCUT2D eigenvalue weighted by Crippen LogP contribution is 2.18. The van der Waals surface area contributed by atoms with Gasteiger partial charge >= 0.3 is 6.03 Å². The van der Waals surface area contributed by atoms with Gasteiger partial charge in [0.1, 0.15) is 0 Å². The molecule has 1 heterocycles. The van der Waals surface area contributed by atoms with Gasteiger partial charge in [-0.05, 0) is 25.7 Å². The summed E-state index contributed by atoms with van der Waals surface area (Å²) in [6, 6.07) is 0.0202. The fourth-order valence-electron chi connectivity index (χ4n) is 2.52. The zero-order valence-corrected chi connectivity index (χ0v) is 15.0.